The molecule has 2 rings (SSSR count). The molecule has 1 aliphatic rings. The van der Waals surface area contributed by atoms with Gasteiger partial charge in [0.1, 0.15) is 5.88 Å². The Morgan fingerprint density at radius 2 is 2.11 bits per heavy atom. The summed E-state index contributed by atoms with van der Waals surface area (Å²) >= 11 is 5.39. The highest BCUT2D eigenvalue weighted by atomic mass is 35.5. The Balaban J connectivity index is 1.97. The van der Waals surface area contributed by atoms with Crippen molar-refractivity contribution in [2.45, 2.75) is 13.0 Å². The number of cyclic esters (lactones) is 1. The highest BCUT2D eigenvalue weighted by Crippen LogP contribution is 2.19. The molecule has 19 heavy (non-hydrogen) atoms. The largest absolute Gasteiger partial charge is 0.449 e. The van der Waals surface area contributed by atoms with Gasteiger partial charge in [0.15, 0.2) is 0 Å². The average Bonchev–Trinajstić information content (AvgIpc) is 2.46. The zero-order chi connectivity index (χ0) is 13.7. The maximum Gasteiger partial charge on any atom is 0.414 e. The van der Waals surface area contributed by atoms with E-state index in [1.807, 2.05) is 24.3 Å². The van der Waals surface area contributed by atoms with Crippen LogP contribution < -0.4 is 10.2 Å². The van der Waals surface area contributed by atoms with Gasteiger partial charge in [-0.15, -0.1) is 11.6 Å². The van der Waals surface area contributed by atoms with Gasteiger partial charge < -0.3 is 10.1 Å². The molecule has 1 fully saturated rings. The molecule has 1 aromatic rings. The van der Waals surface area contributed by atoms with E-state index in [-0.39, 0.29) is 17.9 Å². The van der Waals surface area contributed by atoms with Gasteiger partial charge in [0.05, 0.1) is 6.61 Å². The van der Waals surface area contributed by atoms with E-state index in [0.29, 0.717) is 19.7 Å². The van der Waals surface area contributed by atoms with Crippen molar-refractivity contribution in [3.63, 3.8) is 0 Å². The summed E-state index contributed by atoms with van der Waals surface area (Å²) in [5.41, 5.74) is 1.75. The topological polar surface area (TPSA) is 58.6 Å². The number of benzene rings is 1. The lowest BCUT2D eigenvalue weighted by molar-refractivity contribution is -0.118. The number of nitrogens with one attached hydrogen (secondary N) is 1. The Bertz CT molecular complexity index is 461. The maximum atomic E-state index is 11.6. The van der Waals surface area contributed by atoms with Gasteiger partial charge in [0.2, 0.25) is 5.91 Å². The van der Waals surface area contributed by atoms with Gasteiger partial charge in [0, 0.05) is 18.8 Å². The summed E-state index contributed by atoms with van der Waals surface area (Å²) in [5, 5.41) is 2.68. The third kappa shape index (κ3) is 3.61. The van der Waals surface area contributed by atoms with Crippen molar-refractivity contribution in [2.75, 3.05) is 23.9 Å². The Hall–Kier alpha value is -1.75. The summed E-state index contributed by atoms with van der Waals surface area (Å²) in [4.78, 5) is 24.2. The lowest BCUT2D eigenvalue weighted by atomic mass is 10.2. The van der Waals surface area contributed by atoms with Crippen LogP contribution in [-0.4, -0.2) is 31.0 Å². The Kier molecular flexibility index (Phi) is 4.63. The second kappa shape index (κ2) is 6.43. The Labute approximate surface area is 116 Å². The van der Waals surface area contributed by atoms with Crippen LogP contribution >= 0.6 is 11.6 Å². The first-order valence-electron chi connectivity index (χ1n) is 6.06. The fraction of sp³-hybridized carbons (Fsp3) is 0.385. The number of hydrogen-bond acceptors (Lipinski definition) is 3. The van der Waals surface area contributed by atoms with Gasteiger partial charge in [-0.3, -0.25) is 9.69 Å². The lowest BCUT2D eigenvalue weighted by Crippen LogP contribution is -2.37. The van der Waals surface area contributed by atoms with Crippen LogP contribution in [0.5, 0.6) is 0 Å². The van der Waals surface area contributed by atoms with Crippen molar-refractivity contribution < 1.29 is 14.3 Å². The van der Waals surface area contributed by atoms with Crippen LogP contribution in [0.1, 0.15) is 12.0 Å². The number of nitrogens with zero attached hydrogens (tertiary/aromatic N) is 1. The summed E-state index contributed by atoms with van der Waals surface area (Å²) in [6, 6.07) is 7.42. The molecule has 1 aliphatic heterocycles. The number of anilines is 1. The number of amides is 2. The Morgan fingerprint density at radius 3 is 2.74 bits per heavy atom. The molecule has 1 saturated heterocycles. The van der Waals surface area contributed by atoms with Gasteiger partial charge in [-0.1, -0.05) is 12.1 Å². The number of carbonyl (C=O) groups excluding carboxylic acids is 2. The minimum atomic E-state index is -0.311. The van der Waals surface area contributed by atoms with Crippen molar-refractivity contribution in [1.29, 1.82) is 0 Å². The third-order valence-corrected chi connectivity index (χ3v) is 3.07. The van der Waals surface area contributed by atoms with Crippen LogP contribution in [0, 0.1) is 0 Å². The number of rotatable bonds is 4. The number of carbonyl (C=O) groups is 2. The van der Waals surface area contributed by atoms with Crippen molar-refractivity contribution in [3.05, 3.63) is 29.8 Å². The molecule has 0 aromatic heterocycles. The number of ether oxygens (including phenoxy) is 1. The average molecular weight is 283 g/mol. The molecule has 5 nitrogen and oxygen atoms in total. The van der Waals surface area contributed by atoms with E-state index in [1.165, 1.54) is 0 Å². The first-order chi connectivity index (χ1) is 9.20. The molecule has 0 aliphatic carbocycles. The first kappa shape index (κ1) is 13.7. The minimum absolute atomic E-state index is 0.0439. The van der Waals surface area contributed by atoms with Gasteiger partial charge in [0.25, 0.3) is 0 Å². The predicted octanol–water partition coefficient (Wildman–Crippen LogP) is 1.89. The highest BCUT2D eigenvalue weighted by Gasteiger charge is 2.20. The molecule has 1 heterocycles. The van der Waals surface area contributed by atoms with Crippen LogP contribution in [0.25, 0.3) is 0 Å². The molecule has 1 aromatic carbocycles. The Morgan fingerprint density at radius 1 is 1.37 bits per heavy atom. The second-order valence-electron chi connectivity index (χ2n) is 4.20. The highest BCUT2D eigenvalue weighted by molar-refractivity contribution is 6.27. The summed E-state index contributed by atoms with van der Waals surface area (Å²) in [6.07, 6.45) is 0.522. The molecule has 2 amide bonds. The van der Waals surface area contributed by atoms with Gasteiger partial charge in [-0.05, 0) is 24.1 Å². The third-order valence-electron chi connectivity index (χ3n) is 2.83. The van der Waals surface area contributed by atoms with Crippen molar-refractivity contribution in [2.24, 2.45) is 0 Å². The zero-order valence-electron chi connectivity index (χ0n) is 10.4. The minimum Gasteiger partial charge on any atom is -0.449 e. The quantitative estimate of drug-likeness (QED) is 0.858. The normalized spacial score (nSPS) is 15.0. The number of halogens is 1. The van der Waals surface area contributed by atoms with E-state index in [2.05, 4.69) is 5.32 Å². The molecule has 102 valence electrons. The molecule has 1 N–H and O–H groups in total. The molecule has 0 bridgehead atoms. The van der Waals surface area contributed by atoms with E-state index < -0.39 is 0 Å². The molecular formula is C13H15ClN2O3. The van der Waals surface area contributed by atoms with Crippen LogP contribution in [0.4, 0.5) is 10.5 Å². The predicted molar refractivity (Wildman–Crippen MR) is 72.3 cm³/mol. The van der Waals surface area contributed by atoms with E-state index in [1.54, 1.807) is 4.90 Å². The van der Waals surface area contributed by atoms with Crippen molar-refractivity contribution >= 4 is 29.3 Å². The second-order valence-corrected chi connectivity index (χ2v) is 4.46. The van der Waals surface area contributed by atoms with E-state index in [4.69, 9.17) is 16.3 Å². The van der Waals surface area contributed by atoms with Crippen LogP contribution in [0.3, 0.4) is 0 Å². The molecule has 0 radical (unpaired) electrons. The fourth-order valence-corrected chi connectivity index (χ4v) is 1.92. The molecule has 6 heteroatoms. The zero-order valence-corrected chi connectivity index (χ0v) is 11.2. The first-order valence-corrected chi connectivity index (χ1v) is 6.60. The molecule has 0 saturated carbocycles. The number of alkyl halides is 1. The van der Waals surface area contributed by atoms with E-state index in [0.717, 1.165) is 17.7 Å². The molecular weight excluding hydrogens is 268 g/mol. The number of hydrogen-bond donors (Lipinski definition) is 1. The fourth-order valence-electron chi connectivity index (χ4n) is 1.83. The summed E-state index contributed by atoms with van der Waals surface area (Å²) in [7, 11) is 0. The smallest absolute Gasteiger partial charge is 0.414 e. The van der Waals surface area contributed by atoms with Gasteiger partial charge >= 0.3 is 6.09 Å². The van der Waals surface area contributed by atoms with Crippen molar-refractivity contribution in [3.8, 4) is 0 Å². The lowest BCUT2D eigenvalue weighted by Gasteiger charge is -2.26. The van der Waals surface area contributed by atoms with Crippen molar-refractivity contribution in [1.82, 2.24) is 5.32 Å². The maximum absolute atomic E-state index is 11.6. The molecule has 0 spiro atoms. The molecule has 0 unspecified atom stereocenters. The van der Waals surface area contributed by atoms with Gasteiger partial charge in [-0.25, -0.2) is 4.79 Å². The molecule has 0 atom stereocenters. The SMILES string of the molecule is O=C(CCl)NCc1ccc(N2CCCOC2=O)cc1. The summed E-state index contributed by atoms with van der Waals surface area (Å²) < 4.78 is 4.98. The van der Waals surface area contributed by atoms with Crippen LogP contribution in [-0.2, 0) is 16.1 Å². The van der Waals surface area contributed by atoms with Crippen LogP contribution in [0.2, 0.25) is 0 Å². The summed E-state index contributed by atoms with van der Waals surface area (Å²) in [6.45, 7) is 1.58. The standard InChI is InChI=1S/C13H15ClN2O3/c14-8-12(17)15-9-10-2-4-11(5-3-10)16-6-1-7-19-13(16)18/h2-5H,1,6-9H2,(H,15,17). The van der Waals surface area contributed by atoms with E-state index >= 15 is 0 Å². The van der Waals surface area contributed by atoms with Crippen LogP contribution in [0.15, 0.2) is 24.3 Å². The van der Waals surface area contributed by atoms with E-state index in [9.17, 15) is 9.59 Å². The summed E-state index contributed by atoms with van der Waals surface area (Å²) in [5.74, 6) is -0.247. The van der Waals surface area contributed by atoms with Gasteiger partial charge in [-0.2, -0.15) is 0 Å². The monoisotopic (exact) mass is 282 g/mol.